The van der Waals surface area contributed by atoms with Crippen LogP contribution >= 0.6 is 7.82 Å². The van der Waals surface area contributed by atoms with E-state index in [0.29, 0.717) is 17.4 Å². The summed E-state index contributed by atoms with van der Waals surface area (Å²) in [5.74, 6) is -0.531. The van der Waals surface area contributed by atoms with Crippen molar-refractivity contribution in [2.45, 2.75) is 328 Å². The molecule has 0 saturated carbocycles. The zero-order chi connectivity index (χ0) is 55.0. The van der Waals surface area contributed by atoms with E-state index in [1.807, 2.05) is 33.3 Å². The lowest BCUT2D eigenvalue weighted by atomic mass is 10.0. The third-order valence-corrected chi connectivity index (χ3v) is 15.5. The number of phosphoric acid groups is 1. The number of rotatable bonds is 59. The number of likely N-dealkylation sites (N-methyl/N-ethyl adjacent to an activating group) is 1. The molecule has 75 heavy (non-hydrogen) atoms. The molecule has 0 aliphatic carbocycles. The van der Waals surface area contributed by atoms with Crippen LogP contribution in [0, 0.1) is 0 Å². The van der Waals surface area contributed by atoms with E-state index in [-0.39, 0.29) is 31.5 Å². The Morgan fingerprint density at radius 1 is 0.467 bits per heavy atom. The summed E-state index contributed by atoms with van der Waals surface area (Å²) >= 11 is 0. The van der Waals surface area contributed by atoms with Gasteiger partial charge in [-0.1, -0.05) is 276 Å². The van der Waals surface area contributed by atoms with Crippen molar-refractivity contribution in [2.24, 2.45) is 0 Å². The molecule has 0 saturated heterocycles. The maximum atomic E-state index is 13.5. The van der Waals surface area contributed by atoms with Crippen LogP contribution < -0.4 is 10.2 Å². The predicted octanol–water partition coefficient (Wildman–Crippen LogP) is 19.3. The number of nitrogens with zero attached hydrogens (tertiary/aromatic N) is 1. The number of hydrogen-bond acceptors (Lipinski definition) is 7. The van der Waals surface area contributed by atoms with Crippen molar-refractivity contribution < 1.29 is 37.3 Å². The lowest BCUT2D eigenvalue weighted by Gasteiger charge is -2.30. The SMILES string of the molecule is CCCCC/C=C\C/C=C\CCCCCCCCCCCC(=O)OC(/C=C/CCCCCCCCCCC)C(COP(=O)([O-])OCC[N+](C)(C)C)NC(=O)CCCCCCCCCCCCCCCCCCCCC. The van der Waals surface area contributed by atoms with E-state index < -0.39 is 20.0 Å². The number of allylic oxidation sites excluding steroid dienone is 5. The van der Waals surface area contributed by atoms with Crippen LogP contribution in [0.25, 0.3) is 0 Å². The summed E-state index contributed by atoms with van der Waals surface area (Å²) in [4.78, 5) is 40.0. The van der Waals surface area contributed by atoms with Crippen LogP contribution in [0.4, 0.5) is 0 Å². The van der Waals surface area contributed by atoms with E-state index in [0.717, 1.165) is 64.2 Å². The Kier molecular flexibility index (Phi) is 54.2. The number of amides is 1. The van der Waals surface area contributed by atoms with Gasteiger partial charge in [0.15, 0.2) is 0 Å². The molecule has 0 spiro atoms. The summed E-state index contributed by atoms with van der Waals surface area (Å²) < 4.78 is 30.3. The number of ether oxygens (including phenoxy) is 1. The highest BCUT2D eigenvalue weighted by Gasteiger charge is 2.27. The molecule has 0 aromatic heterocycles. The summed E-state index contributed by atoms with van der Waals surface area (Å²) in [6.07, 6.45) is 66.8. The first-order chi connectivity index (χ1) is 36.4. The minimum Gasteiger partial charge on any atom is -0.756 e. The average molecular weight is 1080 g/mol. The van der Waals surface area contributed by atoms with Crippen molar-refractivity contribution in [3.05, 3.63) is 36.5 Å². The smallest absolute Gasteiger partial charge is 0.306 e. The van der Waals surface area contributed by atoms with E-state index in [1.165, 1.54) is 218 Å². The van der Waals surface area contributed by atoms with Gasteiger partial charge in [-0.3, -0.25) is 14.2 Å². The molecule has 0 radical (unpaired) electrons. The molecule has 0 rings (SSSR count). The Bertz CT molecular complexity index is 1380. The molecule has 0 aliphatic heterocycles. The first-order valence-electron chi connectivity index (χ1n) is 32.3. The molecule has 0 aromatic carbocycles. The third-order valence-electron chi connectivity index (χ3n) is 14.6. The monoisotopic (exact) mass is 1080 g/mol. The van der Waals surface area contributed by atoms with Gasteiger partial charge in [-0.15, -0.1) is 0 Å². The fraction of sp³-hybridized carbons (Fsp3) is 0.877. The van der Waals surface area contributed by atoms with Gasteiger partial charge in [0.25, 0.3) is 7.82 Å². The molecule has 3 unspecified atom stereocenters. The maximum absolute atomic E-state index is 13.5. The Hall–Kier alpha value is -1.77. The van der Waals surface area contributed by atoms with Gasteiger partial charge in [-0.2, -0.15) is 0 Å². The zero-order valence-electron chi connectivity index (χ0n) is 50.5. The van der Waals surface area contributed by atoms with E-state index >= 15 is 0 Å². The van der Waals surface area contributed by atoms with Gasteiger partial charge < -0.3 is 28.5 Å². The van der Waals surface area contributed by atoms with E-state index in [2.05, 4.69) is 50.4 Å². The average Bonchev–Trinajstić information content (AvgIpc) is 3.37. The highest BCUT2D eigenvalue weighted by molar-refractivity contribution is 7.45. The molecule has 1 N–H and O–H groups in total. The summed E-state index contributed by atoms with van der Waals surface area (Å²) in [7, 11) is 1.20. The van der Waals surface area contributed by atoms with Crippen LogP contribution in [0.3, 0.4) is 0 Å². The second kappa shape index (κ2) is 55.5. The first kappa shape index (κ1) is 73.2. The summed E-state index contributed by atoms with van der Waals surface area (Å²) in [5.41, 5.74) is 0. The van der Waals surface area contributed by atoms with Crippen molar-refractivity contribution in [3.63, 3.8) is 0 Å². The van der Waals surface area contributed by atoms with Crippen molar-refractivity contribution in [1.82, 2.24) is 5.32 Å². The van der Waals surface area contributed by atoms with E-state index in [1.54, 1.807) is 0 Å². The van der Waals surface area contributed by atoms with Crippen molar-refractivity contribution in [3.8, 4) is 0 Å². The van der Waals surface area contributed by atoms with Gasteiger partial charge in [-0.25, -0.2) is 0 Å². The molecular weight excluding hydrogens is 952 g/mol. The van der Waals surface area contributed by atoms with Gasteiger partial charge in [0.2, 0.25) is 5.91 Å². The number of unbranched alkanes of at least 4 members (excludes halogenated alkanes) is 39. The molecular formula is C65H125N2O7P. The van der Waals surface area contributed by atoms with E-state index in [4.69, 9.17) is 13.8 Å². The van der Waals surface area contributed by atoms with Gasteiger partial charge >= 0.3 is 5.97 Å². The second-order valence-electron chi connectivity index (χ2n) is 23.3. The Balaban J connectivity index is 5.15. The topological polar surface area (TPSA) is 114 Å². The van der Waals surface area contributed by atoms with Crippen LogP contribution in [-0.4, -0.2) is 69.4 Å². The molecule has 442 valence electrons. The fourth-order valence-corrected chi connectivity index (χ4v) is 10.3. The summed E-state index contributed by atoms with van der Waals surface area (Å²) in [6.45, 7) is 6.85. The largest absolute Gasteiger partial charge is 0.756 e. The quantitative estimate of drug-likeness (QED) is 0.0212. The number of carbonyl (C=O) groups is 2. The number of nitrogens with one attached hydrogen (secondary N) is 1. The van der Waals surface area contributed by atoms with Crippen LogP contribution in [0.5, 0.6) is 0 Å². The minimum atomic E-state index is -4.69. The summed E-state index contributed by atoms with van der Waals surface area (Å²) in [5, 5.41) is 3.04. The van der Waals surface area contributed by atoms with Crippen LogP contribution in [0.1, 0.15) is 316 Å². The minimum absolute atomic E-state index is 0.0205. The highest BCUT2D eigenvalue weighted by Crippen LogP contribution is 2.38. The number of carbonyl (C=O) groups excluding carboxylic acids is 2. The second-order valence-corrected chi connectivity index (χ2v) is 24.7. The zero-order valence-corrected chi connectivity index (χ0v) is 51.4. The predicted molar refractivity (Wildman–Crippen MR) is 321 cm³/mol. The lowest BCUT2D eigenvalue weighted by molar-refractivity contribution is -0.870. The Morgan fingerprint density at radius 2 is 0.813 bits per heavy atom. The number of quaternary nitrogens is 1. The molecule has 0 fully saturated rings. The normalized spacial score (nSPS) is 13.9. The van der Waals surface area contributed by atoms with Crippen molar-refractivity contribution in [1.29, 1.82) is 0 Å². The maximum Gasteiger partial charge on any atom is 0.306 e. The third kappa shape index (κ3) is 56.8. The van der Waals surface area contributed by atoms with Gasteiger partial charge in [-0.05, 0) is 63.9 Å². The number of hydrogen-bond donors (Lipinski definition) is 1. The molecule has 10 heteroatoms. The fourth-order valence-electron chi connectivity index (χ4n) is 9.55. The molecule has 1 amide bonds. The van der Waals surface area contributed by atoms with Gasteiger partial charge in [0, 0.05) is 12.8 Å². The summed E-state index contributed by atoms with van der Waals surface area (Å²) in [6, 6.07) is -0.885. The number of phosphoric ester groups is 1. The molecule has 3 atom stereocenters. The van der Waals surface area contributed by atoms with Crippen molar-refractivity contribution in [2.75, 3.05) is 40.9 Å². The Morgan fingerprint density at radius 3 is 1.23 bits per heavy atom. The van der Waals surface area contributed by atoms with Crippen molar-refractivity contribution >= 4 is 19.7 Å². The molecule has 9 nitrogen and oxygen atoms in total. The standard InChI is InChI=1S/C65H125N2O7P/c1-7-10-13-16-19-22-25-27-29-31-33-35-37-39-42-45-48-51-54-57-64(68)66-62(61-73-75(70,71)72-60-59-67(4,5)6)63(56-53-50-47-44-41-24-21-18-15-12-9-3)74-65(69)58-55-52-49-46-43-40-38-36-34-32-30-28-26-23-20-17-14-11-8-2/h20,23,28,30,53,56,62-63H,7-19,21-22,24-27,29,31-52,54-55,57-61H2,1-6H3,(H-,66,68,70,71)/b23-20-,30-28-,56-53+. The lowest BCUT2D eigenvalue weighted by Crippen LogP contribution is -2.47. The van der Waals surface area contributed by atoms with Crippen LogP contribution in [0.2, 0.25) is 0 Å². The van der Waals surface area contributed by atoms with E-state index in [9.17, 15) is 19.0 Å². The first-order valence-corrected chi connectivity index (χ1v) is 33.8. The molecule has 0 aromatic rings. The molecule has 0 bridgehead atoms. The van der Waals surface area contributed by atoms with Crippen LogP contribution in [-0.2, 0) is 27.9 Å². The number of esters is 1. The molecule has 0 heterocycles. The Labute approximate surface area is 466 Å². The highest BCUT2D eigenvalue weighted by atomic mass is 31.2. The van der Waals surface area contributed by atoms with Gasteiger partial charge in [0.05, 0.1) is 33.8 Å². The molecule has 0 aliphatic rings. The van der Waals surface area contributed by atoms with Crippen LogP contribution in [0.15, 0.2) is 36.5 Å². The van der Waals surface area contributed by atoms with Gasteiger partial charge in [0.1, 0.15) is 19.3 Å².